The third-order valence-corrected chi connectivity index (χ3v) is 5.34. The number of para-hydroxylation sites is 1. The summed E-state index contributed by atoms with van der Waals surface area (Å²) in [5.41, 5.74) is 6.65. The summed E-state index contributed by atoms with van der Waals surface area (Å²) in [7, 11) is 0. The highest BCUT2D eigenvalue weighted by molar-refractivity contribution is 5.88. The quantitative estimate of drug-likeness (QED) is 0.528. The second kappa shape index (κ2) is 8.51. The van der Waals surface area contributed by atoms with E-state index >= 15 is 0 Å². The Morgan fingerprint density at radius 3 is 1.75 bits per heavy atom. The average Bonchev–Trinajstić information content (AvgIpc) is 2.58. The first-order chi connectivity index (χ1) is 12.9. The van der Waals surface area contributed by atoms with Gasteiger partial charge in [-0.25, -0.2) is 0 Å². The van der Waals surface area contributed by atoms with E-state index in [9.17, 15) is 5.11 Å². The Morgan fingerprint density at radius 2 is 1.32 bits per heavy atom. The number of phenolic OH excluding ortho intramolecular Hbond substituents is 1. The van der Waals surface area contributed by atoms with E-state index in [4.69, 9.17) is 4.99 Å². The summed E-state index contributed by atoms with van der Waals surface area (Å²) in [6.07, 6.45) is 1.87. The number of hydrogen-bond acceptors (Lipinski definition) is 2. The maximum atomic E-state index is 10.8. The molecule has 28 heavy (non-hydrogen) atoms. The molecular formula is C26H37NO. The van der Waals surface area contributed by atoms with E-state index in [2.05, 4.69) is 86.6 Å². The number of aromatic hydroxyl groups is 1. The molecule has 0 spiro atoms. The number of phenols is 1. The lowest BCUT2D eigenvalue weighted by molar-refractivity contribution is 0.468. The van der Waals surface area contributed by atoms with E-state index < -0.39 is 0 Å². The van der Waals surface area contributed by atoms with Gasteiger partial charge in [-0.3, -0.25) is 4.99 Å². The maximum Gasteiger partial charge on any atom is 0.124 e. The van der Waals surface area contributed by atoms with Gasteiger partial charge in [-0.05, 0) is 51.5 Å². The number of aliphatic imine (C=N–C) groups is 1. The zero-order valence-electron chi connectivity index (χ0n) is 19.1. The van der Waals surface area contributed by atoms with Crippen LogP contribution in [-0.2, 0) is 5.41 Å². The van der Waals surface area contributed by atoms with Gasteiger partial charge in [0, 0.05) is 11.8 Å². The van der Waals surface area contributed by atoms with Crippen molar-refractivity contribution in [3.05, 3.63) is 58.1 Å². The van der Waals surface area contributed by atoms with Crippen molar-refractivity contribution in [3.63, 3.8) is 0 Å². The molecule has 0 fully saturated rings. The molecule has 0 saturated carbocycles. The molecular weight excluding hydrogens is 342 g/mol. The number of nitrogens with zero attached hydrogens (tertiary/aromatic N) is 1. The van der Waals surface area contributed by atoms with Crippen molar-refractivity contribution >= 4 is 11.9 Å². The van der Waals surface area contributed by atoms with Crippen LogP contribution in [0.25, 0.3) is 0 Å². The Bertz CT molecular complexity index is 825. The number of benzene rings is 2. The fraction of sp³-hybridized carbons (Fsp3) is 0.500. The summed E-state index contributed by atoms with van der Waals surface area (Å²) in [5.74, 6) is 1.41. The molecule has 2 aromatic carbocycles. The zero-order valence-corrected chi connectivity index (χ0v) is 19.1. The molecule has 0 aliphatic carbocycles. The van der Waals surface area contributed by atoms with E-state index in [0.717, 1.165) is 22.4 Å². The van der Waals surface area contributed by atoms with E-state index in [1.807, 2.05) is 12.3 Å². The van der Waals surface area contributed by atoms with E-state index in [0.29, 0.717) is 23.5 Å². The minimum atomic E-state index is -0.00809. The van der Waals surface area contributed by atoms with Crippen LogP contribution in [0.1, 0.15) is 108 Å². The van der Waals surface area contributed by atoms with Gasteiger partial charge in [0.05, 0.1) is 5.69 Å². The molecule has 0 radical (unpaired) electrons. The molecule has 2 aromatic rings. The molecule has 0 unspecified atom stereocenters. The third kappa shape index (κ3) is 4.84. The Balaban J connectivity index is 2.65. The predicted molar refractivity (Wildman–Crippen MR) is 123 cm³/mol. The van der Waals surface area contributed by atoms with Crippen LogP contribution in [0, 0.1) is 0 Å². The van der Waals surface area contributed by atoms with Crippen LogP contribution < -0.4 is 0 Å². The van der Waals surface area contributed by atoms with Crippen molar-refractivity contribution in [2.24, 2.45) is 4.99 Å². The first-order valence-corrected chi connectivity index (χ1v) is 10.5. The molecule has 0 aliphatic rings. The highest BCUT2D eigenvalue weighted by Gasteiger charge is 2.20. The molecule has 0 aromatic heterocycles. The van der Waals surface area contributed by atoms with Gasteiger partial charge in [0.25, 0.3) is 0 Å². The van der Waals surface area contributed by atoms with Crippen molar-refractivity contribution in [1.29, 1.82) is 0 Å². The van der Waals surface area contributed by atoms with Crippen LogP contribution in [-0.4, -0.2) is 11.3 Å². The fourth-order valence-corrected chi connectivity index (χ4v) is 3.50. The zero-order chi connectivity index (χ0) is 21.2. The minimum absolute atomic E-state index is 0.00809. The van der Waals surface area contributed by atoms with Gasteiger partial charge in [0.15, 0.2) is 0 Å². The summed E-state index contributed by atoms with van der Waals surface area (Å²) >= 11 is 0. The van der Waals surface area contributed by atoms with E-state index in [1.165, 1.54) is 11.1 Å². The Labute approximate surface area is 171 Å². The van der Waals surface area contributed by atoms with Crippen LogP contribution in [0.3, 0.4) is 0 Å². The Kier molecular flexibility index (Phi) is 6.75. The lowest BCUT2D eigenvalue weighted by Crippen LogP contribution is -2.12. The van der Waals surface area contributed by atoms with Crippen molar-refractivity contribution in [1.82, 2.24) is 0 Å². The highest BCUT2D eigenvalue weighted by Crippen LogP contribution is 2.37. The monoisotopic (exact) mass is 379 g/mol. The molecule has 0 saturated heterocycles. The smallest absolute Gasteiger partial charge is 0.124 e. The summed E-state index contributed by atoms with van der Waals surface area (Å²) < 4.78 is 0. The van der Waals surface area contributed by atoms with Gasteiger partial charge < -0.3 is 5.11 Å². The predicted octanol–water partition coefficient (Wildman–Crippen LogP) is 7.81. The van der Waals surface area contributed by atoms with Gasteiger partial charge in [0.1, 0.15) is 5.75 Å². The Morgan fingerprint density at radius 1 is 0.821 bits per heavy atom. The highest BCUT2D eigenvalue weighted by atomic mass is 16.3. The Hall–Kier alpha value is -2.09. The first kappa shape index (κ1) is 22.2. The topological polar surface area (TPSA) is 32.6 Å². The standard InChI is InChI=1S/C26H37NO/c1-16(2)20-11-10-12-21(17(3)4)25(20)27-15-23-22(18(5)6)13-19(14-24(23)28)26(7,8)9/h10-18,28H,1-9H3. The van der Waals surface area contributed by atoms with Gasteiger partial charge in [-0.2, -0.15) is 0 Å². The van der Waals surface area contributed by atoms with Gasteiger partial charge >= 0.3 is 0 Å². The average molecular weight is 380 g/mol. The summed E-state index contributed by atoms with van der Waals surface area (Å²) in [6, 6.07) is 10.6. The second-order valence-corrected chi connectivity index (χ2v) is 9.76. The molecule has 2 nitrogen and oxygen atoms in total. The summed E-state index contributed by atoms with van der Waals surface area (Å²) in [5, 5.41) is 10.8. The molecule has 0 bridgehead atoms. The van der Waals surface area contributed by atoms with E-state index in [-0.39, 0.29) is 5.41 Å². The van der Waals surface area contributed by atoms with Gasteiger partial charge in [-0.15, -0.1) is 0 Å². The third-order valence-electron chi connectivity index (χ3n) is 5.34. The number of rotatable bonds is 5. The molecule has 1 N–H and O–H groups in total. The van der Waals surface area contributed by atoms with Crippen molar-refractivity contribution < 1.29 is 5.11 Å². The second-order valence-electron chi connectivity index (χ2n) is 9.76. The molecule has 0 atom stereocenters. The van der Waals surface area contributed by atoms with Crippen molar-refractivity contribution in [3.8, 4) is 5.75 Å². The molecule has 0 amide bonds. The fourth-order valence-electron chi connectivity index (χ4n) is 3.50. The van der Waals surface area contributed by atoms with Crippen LogP contribution >= 0.6 is 0 Å². The largest absolute Gasteiger partial charge is 0.507 e. The lowest BCUT2D eigenvalue weighted by Gasteiger charge is -2.23. The summed E-state index contributed by atoms with van der Waals surface area (Å²) in [6.45, 7) is 19.7. The first-order valence-electron chi connectivity index (χ1n) is 10.5. The van der Waals surface area contributed by atoms with Gasteiger partial charge in [-0.1, -0.05) is 86.6 Å². The molecule has 152 valence electrons. The van der Waals surface area contributed by atoms with Crippen LogP contribution in [0.15, 0.2) is 35.3 Å². The molecule has 2 heteroatoms. The van der Waals surface area contributed by atoms with E-state index in [1.54, 1.807) is 0 Å². The van der Waals surface area contributed by atoms with Crippen molar-refractivity contribution in [2.45, 2.75) is 85.5 Å². The SMILES string of the molecule is CC(C)c1cc(C(C)(C)C)cc(O)c1C=Nc1c(C(C)C)cccc1C(C)C. The summed E-state index contributed by atoms with van der Waals surface area (Å²) in [4.78, 5) is 4.93. The molecule has 0 heterocycles. The molecule has 0 aliphatic heterocycles. The van der Waals surface area contributed by atoms with Gasteiger partial charge in [0.2, 0.25) is 0 Å². The van der Waals surface area contributed by atoms with Crippen LogP contribution in [0.5, 0.6) is 5.75 Å². The van der Waals surface area contributed by atoms with Crippen LogP contribution in [0.2, 0.25) is 0 Å². The minimum Gasteiger partial charge on any atom is -0.507 e. The number of hydrogen-bond donors (Lipinski definition) is 1. The lowest BCUT2D eigenvalue weighted by atomic mass is 9.83. The van der Waals surface area contributed by atoms with Crippen molar-refractivity contribution in [2.75, 3.05) is 0 Å². The normalized spacial score (nSPS) is 12.7. The maximum absolute atomic E-state index is 10.8. The van der Waals surface area contributed by atoms with Crippen LogP contribution in [0.4, 0.5) is 5.69 Å². The molecule has 2 rings (SSSR count).